The monoisotopic (exact) mass is 273 g/mol. The van der Waals surface area contributed by atoms with Crippen LogP contribution >= 0.6 is 11.3 Å². The number of aromatic nitrogens is 1. The molecule has 2 N–H and O–H groups in total. The van der Waals surface area contributed by atoms with Gasteiger partial charge in [0.2, 0.25) is 0 Å². The highest BCUT2D eigenvalue weighted by Crippen LogP contribution is 2.29. The van der Waals surface area contributed by atoms with Gasteiger partial charge in [-0.1, -0.05) is 24.3 Å². The molecule has 1 atom stereocenters. The topological polar surface area (TPSA) is 59.2 Å². The van der Waals surface area contributed by atoms with Crippen molar-refractivity contribution >= 4 is 17.2 Å². The highest BCUT2D eigenvalue weighted by molar-refractivity contribution is 7.07. The molecule has 3 rings (SSSR count). The average molecular weight is 273 g/mol. The summed E-state index contributed by atoms with van der Waals surface area (Å²) in [5, 5.41) is 1.79. The molecule has 1 aliphatic rings. The van der Waals surface area contributed by atoms with Gasteiger partial charge in [0.05, 0.1) is 11.6 Å². The summed E-state index contributed by atoms with van der Waals surface area (Å²) < 4.78 is 0. The van der Waals surface area contributed by atoms with Gasteiger partial charge >= 0.3 is 0 Å². The van der Waals surface area contributed by atoms with Crippen molar-refractivity contribution in [3.05, 3.63) is 52.0 Å². The highest BCUT2D eigenvalue weighted by atomic mass is 32.1. The Labute approximate surface area is 115 Å². The predicted molar refractivity (Wildman–Crippen MR) is 75.1 cm³/mol. The minimum atomic E-state index is -0.0425. The summed E-state index contributed by atoms with van der Waals surface area (Å²) in [5.41, 5.74) is 10.5. The largest absolute Gasteiger partial charge is 0.329 e. The van der Waals surface area contributed by atoms with Crippen molar-refractivity contribution < 1.29 is 4.79 Å². The number of amides is 1. The van der Waals surface area contributed by atoms with E-state index in [9.17, 15) is 4.79 Å². The van der Waals surface area contributed by atoms with E-state index < -0.39 is 0 Å². The summed E-state index contributed by atoms with van der Waals surface area (Å²) in [7, 11) is 0. The Hall–Kier alpha value is -1.72. The molecule has 0 saturated heterocycles. The summed E-state index contributed by atoms with van der Waals surface area (Å²) in [6.45, 7) is 1.14. The van der Waals surface area contributed by atoms with E-state index in [1.807, 2.05) is 17.0 Å². The SMILES string of the molecule is NCC1c2ccccc2CCN1C(=O)c1cscn1. The normalized spacial score (nSPS) is 18.2. The number of thiazole rings is 1. The van der Waals surface area contributed by atoms with Crippen LogP contribution < -0.4 is 5.73 Å². The molecule has 0 saturated carbocycles. The maximum absolute atomic E-state index is 12.5. The molecule has 1 aliphatic heterocycles. The van der Waals surface area contributed by atoms with Crippen LogP contribution in [0.4, 0.5) is 0 Å². The average Bonchev–Trinajstić information content (AvgIpc) is 2.99. The zero-order valence-corrected chi connectivity index (χ0v) is 11.3. The maximum atomic E-state index is 12.5. The van der Waals surface area contributed by atoms with Crippen molar-refractivity contribution in [2.24, 2.45) is 5.73 Å². The fourth-order valence-electron chi connectivity index (χ4n) is 2.61. The number of carbonyl (C=O) groups excluding carboxylic acids is 1. The number of hydrogen-bond donors (Lipinski definition) is 1. The molecule has 0 fully saturated rings. The Morgan fingerprint density at radius 1 is 1.47 bits per heavy atom. The van der Waals surface area contributed by atoms with Gasteiger partial charge in [0.25, 0.3) is 5.91 Å². The second-order valence-corrected chi connectivity index (χ2v) is 5.29. The Balaban J connectivity index is 1.94. The Morgan fingerprint density at radius 3 is 3.05 bits per heavy atom. The first kappa shape index (κ1) is 12.3. The molecular weight excluding hydrogens is 258 g/mol. The lowest BCUT2D eigenvalue weighted by molar-refractivity contribution is 0.0662. The zero-order valence-electron chi connectivity index (χ0n) is 10.5. The molecule has 4 nitrogen and oxygen atoms in total. The van der Waals surface area contributed by atoms with E-state index in [1.165, 1.54) is 22.5 Å². The zero-order chi connectivity index (χ0) is 13.2. The van der Waals surface area contributed by atoms with Gasteiger partial charge < -0.3 is 10.6 Å². The molecule has 5 heteroatoms. The molecule has 2 aromatic rings. The van der Waals surface area contributed by atoms with Crippen molar-refractivity contribution in [3.8, 4) is 0 Å². The van der Waals surface area contributed by atoms with Crippen molar-refractivity contribution in [1.82, 2.24) is 9.88 Å². The van der Waals surface area contributed by atoms with Gasteiger partial charge in [0, 0.05) is 18.5 Å². The van der Waals surface area contributed by atoms with Crippen molar-refractivity contribution in [3.63, 3.8) is 0 Å². The maximum Gasteiger partial charge on any atom is 0.273 e. The van der Waals surface area contributed by atoms with Crippen LogP contribution in [0.5, 0.6) is 0 Å². The Bertz CT molecular complexity index is 582. The van der Waals surface area contributed by atoms with Crippen LogP contribution in [0.15, 0.2) is 35.2 Å². The molecule has 19 heavy (non-hydrogen) atoms. The van der Waals surface area contributed by atoms with Crippen LogP contribution in [0, 0.1) is 0 Å². The van der Waals surface area contributed by atoms with Gasteiger partial charge in [-0.3, -0.25) is 4.79 Å². The molecule has 1 aromatic heterocycles. The third-order valence-electron chi connectivity index (χ3n) is 3.55. The quantitative estimate of drug-likeness (QED) is 0.908. The summed E-state index contributed by atoms with van der Waals surface area (Å²) >= 11 is 1.44. The van der Waals surface area contributed by atoms with E-state index in [-0.39, 0.29) is 11.9 Å². The first-order valence-corrected chi connectivity index (χ1v) is 7.22. The fraction of sp³-hybridized carbons (Fsp3) is 0.286. The predicted octanol–water partition coefficient (Wildman–Crippen LogP) is 1.84. The molecule has 0 bridgehead atoms. The number of rotatable bonds is 2. The van der Waals surface area contributed by atoms with Gasteiger partial charge in [0.1, 0.15) is 5.69 Å². The van der Waals surface area contributed by atoms with Crippen LogP contribution in [-0.4, -0.2) is 28.9 Å². The molecule has 2 heterocycles. The Kier molecular flexibility index (Phi) is 3.31. The third kappa shape index (κ3) is 2.15. The summed E-state index contributed by atoms with van der Waals surface area (Å²) in [5.74, 6) is -0.0220. The standard InChI is InChI=1S/C14H15N3OS/c15-7-13-11-4-2-1-3-10(11)5-6-17(13)14(18)12-8-19-9-16-12/h1-4,8-9,13H,5-7,15H2. The fourth-order valence-corrected chi connectivity index (χ4v) is 3.14. The van der Waals surface area contributed by atoms with E-state index in [0.29, 0.717) is 18.8 Å². The smallest absolute Gasteiger partial charge is 0.273 e. The molecular formula is C14H15N3OS. The molecule has 0 radical (unpaired) electrons. The van der Waals surface area contributed by atoms with Crippen molar-refractivity contribution in [2.45, 2.75) is 12.5 Å². The number of carbonyl (C=O) groups is 1. The van der Waals surface area contributed by atoms with Gasteiger partial charge in [-0.05, 0) is 17.5 Å². The summed E-state index contributed by atoms with van der Waals surface area (Å²) in [6.07, 6.45) is 0.878. The highest BCUT2D eigenvalue weighted by Gasteiger charge is 2.30. The van der Waals surface area contributed by atoms with E-state index >= 15 is 0 Å². The molecule has 1 aromatic carbocycles. The first-order valence-electron chi connectivity index (χ1n) is 6.28. The van der Waals surface area contributed by atoms with Crippen LogP contribution in [0.25, 0.3) is 0 Å². The van der Waals surface area contributed by atoms with Gasteiger partial charge in [-0.25, -0.2) is 4.98 Å². The van der Waals surface area contributed by atoms with Gasteiger partial charge in [0.15, 0.2) is 0 Å². The van der Waals surface area contributed by atoms with Crippen LogP contribution in [-0.2, 0) is 6.42 Å². The lowest BCUT2D eigenvalue weighted by Crippen LogP contribution is -2.43. The number of fused-ring (bicyclic) bond motifs is 1. The van der Waals surface area contributed by atoms with Crippen molar-refractivity contribution in [2.75, 3.05) is 13.1 Å². The molecule has 1 unspecified atom stereocenters. The minimum absolute atomic E-state index is 0.0220. The summed E-state index contributed by atoms with van der Waals surface area (Å²) in [6, 6.07) is 8.16. The van der Waals surface area contributed by atoms with E-state index in [0.717, 1.165) is 6.42 Å². The second-order valence-electron chi connectivity index (χ2n) is 4.57. The Morgan fingerprint density at radius 2 is 2.32 bits per heavy atom. The van der Waals surface area contributed by atoms with Gasteiger partial charge in [-0.15, -0.1) is 11.3 Å². The van der Waals surface area contributed by atoms with E-state index in [1.54, 1.807) is 10.9 Å². The number of nitrogens with two attached hydrogens (primary N) is 1. The van der Waals surface area contributed by atoms with E-state index in [2.05, 4.69) is 17.1 Å². The van der Waals surface area contributed by atoms with Crippen molar-refractivity contribution in [1.29, 1.82) is 0 Å². The number of benzene rings is 1. The molecule has 0 aliphatic carbocycles. The number of nitrogens with zero attached hydrogens (tertiary/aromatic N) is 2. The lowest BCUT2D eigenvalue weighted by Gasteiger charge is -2.36. The van der Waals surface area contributed by atoms with Crippen LogP contribution in [0.3, 0.4) is 0 Å². The molecule has 0 spiro atoms. The number of hydrogen-bond acceptors (Lipinski definition) is 4. The molecule has 1 amide bonds. The van der Waals surface area contributed by atoms with Crippen LogP contribution in [0.1, 0.15) is 27.7 Å². The van der Waals surface area contributed by atoms with Gasteiger partial charge in [-0.2, -0.15) is 0 Å². The minimum Gasteiger partial charge on any atom is -0.329 e. The third-order valence-corrected chi connectivity index (χ3v) is 4.13. The van der Waals surface area contributed by atoms with Crippen LogP contribution in [0.2, 0.25) is 0 Å². The molecule has 98 valence electrons. The lowest BCUT2D eigenvalue weighted by atomic mass is 9.92. The summed E-state index contributed by atoms with van der Waals surface area (Å²) in [4.78, 5) is 18.4. The second kappa shape index (κ2) is 5.11. The first-order chi connectivity index (χ1) is 9.31. The van der Waals surface area contributed by atoms with E-state index in [4.69, 9.17) is 5.73 Å².